The summed E-state index contributed by atoms with van der Waals surface area (Å²) >= 11 is 0. The molecule has 0 aromatic carbocycles. The molecule has 2 amide bonds. The molecule has 1 saturated carbocycles. The molecule has 2 N–H and O–H groups in total. The first-order chi connectivity index (χ1) is 9.58. The number of rotatable bonds is 4. The van der Waals surface area contributed by atoms with Crippen molar-refractivity contribution in [1.82, 2.24) is 20.4 Å². The molecule has 1 aliphatic heterocycles. The Morgan fingerprint density at radius 3 is 2.65 bits per heavy atom. The van der Waals surface area contributed by atoms with Crippen molar-refractivity contribution < 1.29 is 9.59 Å². The zero-order valence-corrected chi connectivity index (χ0v) is 12.5. The number of piperazine rings is 1. The van der Waals surface area contributed by atoms with Gasteiger partial charge in [0.2, 0.25) is 11.8 Å². The van der Waals surface area contributed by atoms with E-state index in [9.17, 15) is 9.59 Å². The molecule has 1 atom stereocenters. The van der Waals surface area contributed by atoms with Crippen LogP contribution in [0.3, 0.4) is 0 Å². The Balaban J connectivity index is 1.87. The lowest BCUT2D eigenvalue weighted by Gasteiger charge is -2.36. The molecule has 1 aliphatic carbocycles. The molecular formula is C14H26N4O2. The second-order valence-electron chi connectivity index (χ2n) is 5.97. The van der Waals surface area contributed by atoms with E-state index in [0.29, 0.717) is 19.1 Å². The molecule has 1 saturated heterocycles. The molecule has 6 nitrogen and oxygen atoms in total. The van der Waals surface area contributed by atoms with Crippen LogP contribution in [0.25, 0.3) is 0 Å². The molecule has 114 valence electrons. The van der Waals surface area contributed by atoms with Crippen molar-refractivity contribution in [2.24, 2.45) is 0 Å². The summed E-state index contributed by atoms with van der Waals surface area (Å²) in [7, 11) is 3.52. The smallest absolute Gasteiger partial charge is 0.240 e. The number of hydrogen-bond acceptors (Lipinski definition) is 4. The summed E-state index contributed by atoms with van der Waals surface area (Å²) in [5.74, 6) is 0.112. The van der Waals surface area contributed by atoms with E-state index in [1.807, 2.05) is 4.90 Å². The van der Waals surface area contributed by atoms with E-state index in [4.69, 9.17) is 0 Å². The van der Waals surface area contributed by atoms with Crippen LogP contribution in [-0.2, 0) is 9.59 Å². The molecule has 0 spiro atoms. The van der Waals surface area contributed by atoms with Crippen molar-refractivity contribution in [3.8, 4) is 0 Å². The molecule has 0 radical (unpaired) electrons. The standard InChI is InChI=1S/C14H26N4O2/c1-17(2)14(20)12-9-15-7-8-18(12)10-13(19)16-11-5-3-4-6-11/h11-12,15H,3-10H2,1-2H3,(H,16,19). The highest BCUT2D eigenvalue weighted by Crippen LogP contribution is 2.17. The third-order valence-corrected chi connectivity index (χ3v) is 4.15. The van der Waals surface area contributed by atoms with Crippen molar-refractivity contribution in [3.05, 3.63) is 0 Å². The molecule has 2 aliphatic rings. The molecule has 0 aromatic heterocycles. The fourth-order valence-electron chi connectivity index (χ4n) is 3.01. The minimum Gasteiger partial charge on any atom is -0.352 e. The topological polar surface area (TPSA) is 64.7 Å². The maximum absolute atomic E-state index is 12.1. The maximum atomic E-state index is 12.1. The van der Waals surface area contributed by atoms with Crippen LogP contribution in [0.1, 0.15) is 25.7 Å². The molecule has 1 unspecified atom stereocenters. The Morgan fingerprint density at radius 2 is 2.00 bits per heavy atom. The highest BCUT2D eigenvalue weighted by Gasteiger charge is 2.31. The predicted octanol–water partition coefficient (Wildman–Crippen LogP) is -0.593. The second kappa shape index (κ2) is 7.04. The van der Waals surface area contributed by atoms with E-state index in [1.165, 1.54) is 12.8 Å². The molecule has 0 bridgehead atoms. The number of nitrogens with zero attached hydrogens (tertiary/aromatic N) is 2. The van der Waals surface area contributed by atoms with Gasteiger partial charge in [-0.2, -0.15) is 0 Å². The summed E-state index contributed by atoms with van der Waals surface area (Å²) < 4.78 is 0. The number of carbonyl (C=O) groups is 2. The van der Waals surface area contributed by atoms with Crippen LogP contribution in [0.4, 0.5) is 0 Å². The highest BCUT2D eigenvalue weighted by molar-refractivity contribution is 5.83. The van der Waals surface area contributed by atoms with Gasteiger partial charge in [-0.3, -0.25) is 14.5 Å². The Bertz CT molecular complexity index is 353. The van der Waals surface area contributed by atoms with Crippen LogP contribution in [0.2, 0.25) is 0 Å². The average molecular weight is 282 g/mol. The normalized spacial score (nSPS) is 24.6. The Kier molecular flexibility index (Phi) is 5.37. The van der Waals surface area contributed by atoms with Gasteiger partial charge in [-0.25, -0.2) is 0 Å². The Hall–Kier alpha value is -1.14. The van der Waals surface area contributed by atoms with Gasteiger partial charge in [-0.15, -0.1) is 0 Å². The molecule has 1 heterocycles. The minimum atomic E-state index is -0.229. The molecular weight excluding hydrogens is 256 g/mol. The van der Waals surface area contributed by atoms with E-state index in [1.54, 1.807) is 19.0 Å². The molecule has 20 heavy (non-hydrogen) atoms. The van der Waals surface area contributed by atoms with Gasteiger partial charge < -0.3 is 15.5 Å². The summed E-state index contributed by atoms with van der Waals surface area (Å²) in [6, 6.07) is 0.112. The first-order valence-electron chi connectivity index (χ1n) is 7.53. The third-order valence-electron chi connectivity index (χ3n) is 4.15. The summed E-state index contributed by atoms with van der Waals surface area (Å²) in [4.78, 5) is 27.8. The molecule has 6 heteroatoms. The SMILES string of the molecule is CN(C)C(=O)C1CNCCN1CC(=O)NC1CCCC1. The molecule has 2 fully saturated rings. The van der Waals surface area contributed by atoms with Crippen LogP contribution in [0, 0.1) is 0 Å². The lowest BCUT2D eigenvalue weighted by molar-refractivity contribution is -0.136. The largest absolute Gasteiger partial charge is 0.352 e. The molecule has 0 aromatic rings. The van der Waals surface area contributed by atoms with Crippen molar-refractivity contribution in [2.75, 3.05) is 40.3 Å². The highest BCUT2D eigenvalue weighted by atomic mass is 16.2. The van der Waals surface area contributed by atoms with Gasteiger partial charge in [0.05, 0.1) is 6.54 Å². The van der Waals surface area contributed by atoms with Crippen LogP contribution >= 0.6 is 0 Å². The van der Waals surface area contributed by atoms with E-state index >= 15 is 0 Å². The van der Waals surface area contributed by atoms with Crippen molar-refractivity contribution in [1.29, 1.82) is 0 Å². The first kappa shape index (κ1) is 15.3. The van der Waals surface area contributed by atoms with Gasteiger partial charge in [0.25, 0.3) is 0 Å². The van der Waals surface area contributed by atoms with Crippen molar-refractivity contribution >= 4 is 11.8 Å². The van der Waals surface area contributed by atoms with E-state index in [2.05, 4.69) is 10.6 Å². The minimum absolute atomic E-state index is 0.0513. The second-order valence-corrected chi connectivity index (χ2v) is 5.97. The maximum Gasteiger partial charge on any atom is 0.240 e. The van der Waals surface area contributed by atoms with Crippen molar-refractivity contribution in [2.45, 2.75) is 37.8 Å². The summed E-state index contributed by atoms with van der Waals surface area (Å²) in [6.45, 7) is 2.51. The van der Waals surface area contributed by atoms with Gasteiger partial charge in [-0.1, -0.05) is 12.8 Å². The van der Waals surface area contributed by atoms with Crippen LogP contribution in [-0.4, -0.2) is 74.0 Å². The number of amides is 2. The van der Waals surface area contributed by atoms with Crippen LogP contribution in [0.5, 0.6) is 0 Å². The third kappa shape index (κ3) is 3.93. The fourth-order valence-corrected chi connectivity index (χ4v) is 3.01. The monoisotopic (exact) mass is 282 g/mol. The quantitative estimate of drug-likeness (QED) is 0.723. The summed E-state index contributed by atoms with van der Waals surface area (Å²) in [5.41, 5.74) is 0. The average Bonchev–Trinajstić information content (AvgIpc) is 2.91. The number of hydrogen-bond donors (Lipinski definition) is 2. The fraction of sp³-hybridized carbons (Fsp3) is 0.857. The van der Waals surface area contributed by atoms with Crippen LogP contribution < -0.4 is 10.6 Å². The lowest BCUT2D eigenvalue weighted by atomic mass is 10.1. The number of nitrogens with one attached hydrogen (secondary N) is 2. The van der Waals surface area contributed by atoms with Gasteiger partial charge in [-0.05, 0) is 12.8 Å². The first-order valence-corrected chi connectivity index (χ1v) is 7.53. The lowest BCUT2D eigenvalue weighted by Crippen LogP contribution is -2.59. The Labute approximate surface area is 120 Å². The number of likely N-dealkylation sites (N-methyl/N-ethyl adjacent to an activating group) is 1. The van der Waals surface area contributed by atoms with Gasteiger partial charge in [0.1, 0.15) is 6.04 Å². The summed E-state index contributed by atoms with van der Waals surface area (Å²) in [6.07, 6.45) is 4.60. The summed E-state index contributed by atoms with van der Waals surface area (Å²) in [5, 5.41) is 6.32. The predicted molar refractivity (Wildman–Crippen MR) is 77.3 cm³/mol. The van der Waals surface area contributed by atoms with Gasteiger partial charge in [0, 0.05) is 39.8 Å². The zero-order valence-electron chi connectivity index (χ0n) is 12.5. The van der Waals surface area contributed by atoms with Crippen molar-refractivity contribution in [3.63, 3.8) is 0 Å². The van der Waals surface area contributed by atoms with Gasteiger partial charge in [0.15, 0.2) is 0 Å². The Morgan fingerprint density at radius 1 is 1.30 bits per heavy atom. The molecule has 2 rings (SSSR count). The van der Waals surface area contributed by atoms with E-state index < -0.39 is 0 Å². The zero-order chi connectivity index (χ0) is 14.5. The van der Waals surface area contributed by atoms with E-state index in [0.717, 1.165) is 25.9 Å². The number of carbonyl (C=O) groups excluding carboxylic acids is 2. The van der Waals surface area contributed by atoms with Crippen LogP contribution in [0.15, 0.2) is 0 Å². The van der Waals surface area contributed by atoms with E-state index in [-0.39, 0.29) is 17.9 Å². The van der Waals surface area contributed by atoms with Gasteiger partial charge >= 0.3 is 0 Å².